The van der Waals surface area contributed by atoms with Crippen molar-refractivity contribution in [1.82, 2.24) is 9.97 Å². The van der Waals surface area contributed by atoms with Crippen LogP contribution in [-0.2, 0) is 0 Å². The SMILES string of the molecule is COc1ccc(Nc2nc(C)cc(Nc3ccc(Cl)cc3)n2)cc1OC. The monoisotopic (exact) mass is 370 g/mol. The number of aryl methyl sites for hydroxylation is 1. The molecule has 0 radical (unpaired) electrons. The third-order valence-corrected chi connectivity index (χ3v) is 3.86. The molecule has 0 spiro atoms. The predicted molar refractivity (Wildman–Crippen MR) is 104 cm³/mol. The fraction of sp³-hybridized carbons (Fsp3) is 0.158. The smallest absolute Gasteiger partial charge is 0.229 e. The second kappa shape index (κ2) is 7.93. The lowest BCUT2D eigenvalue weighted by Gasteiger charge is -2.12. The molecule has 0 aliphatic rings. The molecule has 1 aromatic heterocycles. The van der Waals surface area contributed by atoms with Gasteiger partial charge in [-0.1, -0.05) is 11.6 Å². The summed E-state index contributed by atoms with van der Waals surface area (Å²) in [5.74, 6) is 2.45. The summed E-state index contributed by atoms with van der Waals surface area (Å²) >= 11 is 5.92. The number of hydrogen-bond donors (Lipinski definition) is 2. The summed E-state index contributed by atoms with van der Waals surface area (Å²) in [6.07, 6.45) is 0. The van der Waals surface area contributed by atoms with Gasteiger partial charge in [0.25, 0.3) is 0 Å². The van der Waals surface area contributed by atoms with Crippen molar-refractivity contribution in [3.8, 4) is 11.5 Å². The minimum Gasteiger partial charge on any atom is -0.493 e. The first-order valence-corrected chi connectivity index (χ1v) is 8.32. The standard InChI is InChI=1S/C19H19ClN4O2/c1-12-10-18(22-14-6-4-13(20)5-7-14)24-19(21-12)23-15-8-9-16(25-2)17(11-15)26-3/h4-11H,1-3H3,(H2,21,22,23,24). The average molecular weight is 371 g/mol. The van der Waals surface area contributed by atoms with Crippen LogP contribution in [0.5, 0.6) is 11.5 Å². The number of hydrogen-bond acceptors (Lipinski definition) is 6. The maximum Gasteiger partial charge on any atom is 0.229 e. The largest absolute Gasteiger partial charge is 0.493 e. The zero-order chi connectivity index (χ0) is 18.5. The highest BCUT2D eigenvalue weighted by molar-refractivity contribution is 6.30. The third kappa shape index (κ3) is 4.34. The second-order valence-electron chi connectivity index (χ2n) is 5.54. The molecule has 2 N–H and O–H groups in total. The maximum atomic E-state index is 5.92. The summed E-state index contributed by atoms with van der Waals surface area (Å²) in [6.45, 7) is 1.91. The van der Waals surface area contributed by atoms with E-state index in [1.165, 1.54) is 0 Å². The number of anilines is 4. The minimum absolute atomic E-state index is 0.480. The minimum atomic E-state index is 0.480. The average Bonchev–Trinajstić information content (AvgIpc) is 2.63. The quantitative estimate of drug-likeness (QED) is 0.640. The van der Waals surface area contributed by atoms with E-state index in [1.54, 1.807) is 14.2 Å². The lowest BCUT2D eigenvalue weighted by atomic mass is 10.2. The van der Waals surface area contributed by atoms with Crippen molar-refractivity contribution in [2.24, 2.45) is 0 Å². The van der Waals surface area contributed by atoms with Crippen LogP contribution < -0.4 is 20.1 Å². The van der Waals surface area contributed by atoms with Crippen molar-refractivity contribution in [1.29, 1.82) is 0 Å². The van der Waals surface area contributed by atoms with Crippen molar-refractivity contribution in [3.05, 3.63) is 59.2 Å². The number of rotatable bonds is 6. The number of ether oxygens (including phenoxy) is 2. The van der Waals surface area contributed by atoms with E-state index in [9.17, 15) is 0 Å². The summed E-state index contributed by atoms with van der Waals surface area (Å²) in [5.41, 5.74) is 2.52. The van der Waals surface area contributed by atoms with E-state index in [0.717, 1.165) is 17.1 Å². The highest BCUT2D eigenvalue weighted by Gasteiger charge is 2.07. The molecule has 0 aliphatic heterocycles. The van der Waals surface area contributed by atoms with Gasteiger partial charge in [0.15, 0.2) is 11.5 Å². The van der Waals surface area contributed by atoms with Crippen LogP contribution in [0.15, 0.2) is 48.5 Å². The van der Waals surface area contributed by atoms with Crippen molar-refractivity contribution in [2.45, 2.75) is 6.92 Å². The molecular weight excluding hydrogens is 352 g/mol. The molecule has 0 atom stereocenters. The van der Waals surface area contributed by atoms with Gasteiger partial charge in [-0.3, -0.25) is 0 Å². The molecule has 26 heavy (non-hydrogen) atoms. The van der Waals surface area contributed by atoms with Gasteiger partial charge in [-0.25, -0.2) is 4.98 Å². The number of aromatic nitrogens is 2. The molecule has 2 aromatic carbocycles. The van der Waals surface area contributed by atoms with E-state index in [0.29, 0.717) is 28.3 Å². The third-order valence-electron chi connectivity index (χ3n) is 3.61. The lowest BCUT2D eigenvalue weighted by molar-refractivity contribution is 0.355. The van der Waals surface area contributed by atoms with Gasteiger partial charge in [-0.15, -0.1) is 0 Å². The van der Waals surface area contributed by atoms with Crippen LogP contribution >= 0.6 is 11.6 Å². The Labute approximate surface area is 157 Å². The Morgan fingerprint density at radius 1 is 0.808 bits per heavy atom. The molecule has 6 nitrogen and oxygen atoms in total. The summed E-state index contributed by atoms with van der Waals surface area (Å²) < 4.78 is 10.6. The van der Waals surface area contributed by atoms with Crippen LogP contribution in [0.1, 0.15) is 5.69 Å². The van der Waals surface area contributed by atoms with E-state index < -0.39 is 0 Å². The molecular formula is C19H19ClN4O2. The van der Waals surface area contributed by atoms with Gasteiger partial charge in [-0.05, 0) is 43.3 Å². The molecule has 0 amide bonds. The van der Waals surface area contributed by atoms with E-state index >= 15 is 0 Å². The molecule has 3 aromatic rings. The summed E-state index contributed by atoms with van der Waals surface area (Å²) in [4.78, 5) is 8.93. The maximum absolute atomic E-state index is 5.92. The summed E-state index contributed by atoms with van der Waals surface area (Å²) in [6, 6.07) is 14.8. The Kier molecular flexibility index (Phi) is 5.43. The first-order chi connectivity index (χ1) is 12.6. The van der Waals surface area contributed by atoms with Gasteiger partial charge in [0, 0.05) is 34.2 Å². The molecule has 0 unspecified atom stereocenters. The molecule has 0 bridgehead atoms. The van der Waals surface area contributed by atoms with Crippen LogP contribution in [0.2, 0.25) is 5.02 Å². The fourth-order valence-corrected chi connectivity index (χ4v) is 2.54. The van der Waals surface area contributed by atoms with Crippen LogP contribution in [-0.4, -0.2) is 24.2 Å². The van der Waals surface area contributed by atoms with Gasteiger partial charge < -0.3 is 20.1 Å². The van der Waals surface area contributed by atoms with Gasteiger partial charge in [0.2, 0.25) is 5.95 Å². The number of nitrogens with one attached hydrogen (secondary N) is 2. The molecule has 0 aliphatic carbocycles. The van der Waals surface area contributed by atoms with Crippen molar-refractivity contribution in [3.63, 3.8) is 0 Å². The van der Waals surface area contributed by atoms with Gasteiger partial charge in [0.1, 0.15) is 5.82 Å². The molecule has 0 saturated carbocycles. The fourth-order valence-electron chi connectivity index (χ4n) is 2.41. The van der Waals surface area contributed by atoms with Crippen LogP contribution in [0.4, 0.5) is 23.1 Å². The Morgan fingerprint density at radius 2 is 1.50 bits per heavy atom. The van der Waals surface area contributed by atoms with Gasteiger partial charge in [0.05, 0.1) is 14.2 Å². The van der Waals surface area contributed by atoms with E-state index in [4.69, 9.17) is 21.1 Å². The molecule has 134 valence electrons. The van der Waals surface area contributed by atoms with Crippen LogP contribution in [0.25, 0.3) is 0 Å². The van der Waals surface area contributed by atoms with Crippen molar-refractivity contribution in [2.75, 3.05) is 24.9 Å². The number of halogens is 1. The zero-order valence-corrected chi connectivity index (χ0v) is 15.5. The topological polar surface area (TPSA) is 68.3 Å². The molecule has 0 saturated heterocycles. The first kappa shape index (κ1) is 17.8. The predicted octanol–water partition coefficient (Wildman–Crippen LogP) is 4.94. The van der Waals surface area contributed by atoms with E-state index in [1.807, 2.05) is 55.5 Å². The Bertz CT molecular complexity index is 901. The molecule has 1 heterocycles. The highest BCUT2D eigenvalue weighted by atomic mass is 35.5. The molecule has 0 fully saturated rings. The zero-order valence-electron chi connectivity index (χ0n) is 14.7. The molecule has 3 rings (SSSR count). The van der Waals surface area contributed by atoms with E-state index in [2.05, 4.69) is 20.6 Å². The Morgan fingerprint density at radius 3 is 2.19 bits per heavy atom. The summed E-state index contributed by atoms with van der Waals surface area (Å²) in [7, 11) is 3.20. The van der Waals surface area contributed by atoms with Crippen LogP contribution in [0, 0.1) is 6.92 Å². The number of benzene rings is 2. The normalized spacial score (nSPS) is 10.3. The van der Waals surface area contributed by atoms with E-state index in [-0.39, 0.29) is 0 Å². The highest BCUT2D eigenvalue weighted by Crippen LogP contribution is 2.31. The molecule has 7 heteroatoms. The second-order valence-corrected chi connectivity index (χ2v) is 5.98. The van der Waals surface area contributed by atoms with Gasteiger partial charge in [-0.2, -0.15) is 4.98 Å². The van der Waals surface area contributed by atoms with Crippen molar-refractivity contribution >= 4 is 34.7 Å². The van der Waals surface area contributed by atoms with Gasteiger partial charge >= 0.3 is 0 Å². The number of methoxy groups -OCH3 is 2. The Hall–Kier alpha value is -2.99. The number of nitrogens with zero attached hydrogens (tertiary/aromatic N) is 2. The first-order valence-electron chi connectivity index (χ1n) is 7.94. The summed E-state index contributed by atoms with van der Waals surface area (Å²) in [5, 5.41) is 7.12. The van der Waals surface area contributed by atoms with Crippen molar-refractivity contribution < 1.29 is 9.47 Å². The lowest BCUT2D eigenvalue weighted by Crippen LogP contribution is -2.02. The Balaban J connectivity index is 1.82. The van der Waals surface area contributed by atoms with Crippen LogP contribution in [0.3, 0.4) is 0 Å².